The van der Waals surface area contributed by atoms with Crippen LogP contribution in [0.1, 0.15) is 25.0 Å². The second kappa shape index (κ2) is 6.66. The standard InChI is InChI=1S/C13H18N2O3S/c1-11(2)15(7-8-16)19(17,18)10-13-6-4-3-5-12(13)9-14/h3-6,11,16H,7-8,10H2,1-2H3. The number of benzene rings is 1. The summed E-state index contributed by atoms with van der Waals surface area (Å²) in [5.41, 5.74) is 0.840. The summed E-state index contributed by atoms with van der Waals surface area (Å²) in [6, 6.07) is 8.38. The second-order valence-electron chi connectivity index (χ2n) is 4.45. The van der Waals surface area contributed by atoms with Crippen LogP contribution in [0.5, 0.6) is 0 Å². The Bertz CT molecular complexity index is 561. The van der Waals surface area contributed by atoms with Crippen LogP contribution in [0.4, 0.5) is 0 Å². The van der Waals surface area contributed by atoms with E-state index in [1.807, 2.05) is 6.07 Å². The van der Waals surface area contributed by atoms with Crippen molar-refractivity contribution < 1.29 is 13.5 Å². The van der Waals surface area contributed by atoms with Gasteiger partial charge in [-0.25, -0.2) is 8.42 Å². The van der Waals surface area contributed by atoms with Crippen LogP contribution in [0.15, 0.2) is 24.3 Å². The van der Waals surface area contributed by atoms with Crippen molar-refractivity contribution in [1.82, 2.24) is 4.31 Å². The predicted octanol–water partition coefficient (Wildman–Crippen LogP) is 1.09. The average molecular weight is 282 g/mol. The van der Waals surface area contributed by atoms with Gasteiger partial charge in [-0.05, 0) is 25.5 Å². The summed E-state index contributed by atoms with van der Waals surface area (Å²) < 4.78 is 25.9. The van der Waals surface area contributed by atoms with E-state index in [0.717, 1.165) is 0 Å². The number of hydrogen-bond acceptors (Lipinski definition) is 4. The van der Waals surface area contributed by atoms with Crippen LogP contribution in [0.3, 0.4) is 0 Å². The van der Waals surface area contributed by atoms with Gasteiger partial charge in [-0.15, -0.1) is 0 Å². The van der Waals surface area contributed by atoms with Crippen molar-refractivity contribution >= 4 is 10.0 Å². The maximum atomic E-state index is 12.3. The minimum atomic E-state index is -3.55. The molecule has 0 aliphatic rings. The molecular formula is C13H18N2O3S. The number of sulfonamides is 1. The molecule has 0 atom stereocenters. The number of aliphatic hydroxyl groups excluding tert-OH is 1. The number of nitriles is 1. The molecule has 1 rings (SSSR count). The van der Waals surface area contributed by atoms with E-state index in [4.69, 9.17) is 10.4 Å². The molecule has 0 saturated heterocycles. The van der Waals surface area contributed by atoms with Crippen molar-refractivity contribution in [1.29, 1.82) is 5.26 Å². The molecule has 104 valence electrons. The zero-order valence-electron chi connectivity index (χ0n) is 11.1. The first kappa shape index (κ1) is 15.6. The summed E-state index contributed by atoms with van der Waals surface area (Å²) in [6.45, 7) is 3.35. The fourth-order valence-electron chi connectivity index (χ4n) is 1.85. The van der Waals surface area contributed by atoms with Gasteiger partial charge in [-0.3, -0.25) is 0 Å². The lowest BCUT2D eigenvalue weighted by molar-refractivity contribution is 0.236. The summed E-state index contributed by atoms with van der Waals surface area (Å²) in [5, 5.41) is 17.9. The van der Waals surface area contributed by atoms with Crippen LogP contribution in [-0.4, -0.2) is 37.0 Å². The smallest absolute Gasteiger partial charge is 0.218 e. The highest BCUT2D eigenvalue weighted by atomic mass is 32.2. The predicted molar refractivity (Wildman–Crippen MR) is 72.7 cm³/mol. The van der Waals surface area contributed by atoms with E-state index in [1.165, 1.54) is 4.31 Å². The Morgan fingerprint density at radius 3 is 2.53 bits per heavy atom. The van der Waals surface area contributed by atoms with Gasteiger partial charge in [0.1, 0.15) is 0 Å². The fourth-order valence-corrected chi connectivity index (χ4v) is 3.66. The van der Waals surface area contributed by atoms with Crippen molar-refractivity contribution in [3.8, 4) is 6.07 Å². The van der Waals surface area contributed by atoms with E-state index in [1.54, 1.807) is 38.1 Å². The van der Waals surface area contributed by atoms with Gasteiger partial charge < -0.3 is 5.11 Å². The minimum Gasteiger partial charge on any atom is -0.395 e. The molecule has 1 aromatic carbocycles. The highest BCUT2D eigenvalue weighted by Crippen LogP contribution is 2.16. The second-order valence-corrected chi connectivity index (χ2v) is 6.37. The summed E-state index contributed by atoms with van der Waals surface area (Å²) in [6.07, 6.45) is 0. The van der Waals surface area contributed by atoms with Gasteiger partial charge in [0, 0.05) is 12.6 Å². The summed E-state index contributed by atoms with van der Waals surface area (Å²) in [7, 11) is -3.55. The topological polar surface area (TPSA) is 81.4 Å². The third-order valence-electron chi connectivity index (χ3n) is 2.73. The van der Waals surface area contributed by atoms with Gasteiger partial charge in [-0.2, -0.15) is 9.57 Å². The molecule has 19 heavy (non-hydrogen) atoms. The maximum Gasteiger partial charge on any atom is 0.218 e. The molecule has 5 nitrogen and oxygen atoms in total. The Hall–Kier alpha value is -1.42. The summed E-state index contributed by atoms with van der Waals surface area (Å²) in [4.78, 5) is 0. The lowest BCUT2D eigenvalue weighted by Crippen LogP contribution is -2.39. The van der Waals surface area contributed by atoms with Crippen molar-refractivity contribution in [2.45, 2.75) is 25.6 Å². The first-order valence-electron chi connectivity index (χ1n) is 6.00. The molecule has 0 bridgehead atoms. The van der Waals surface area contributed by atoms with E-state index in [-0.39, 0.29) is 24.9 Å². The zero-order chi connectivity index (χ0) is 14.5. The zero-order valence-corrected chi connectivity index (χ0v) is 11.9. The van der Waals surface area contributed by atoms with E-state index in [0.29, 0.717) is 11.1 Å². The molecule has 0 spiro atoms. The molecule has 0 radical (unpaired) electrons. The van der Waals surface area contributed by atoms with Crippen LogP contribution < -0.4 is 0 Å². The molecular weight excluding hydrogens is 264 g/mol. The Balaban J connectivity index is 3.05. The normalized spacial score (nSPS) is 11.8. The van der Waals surface area contributed by atoms with Gasteiger partial charge in [-0.1, -0.05) is 18.2 Å². The summed E-state index contributed by atoms with van der Waals surface area (Å²) >= 11 is 0. The minimum absolute atomic E-state index is 0.0642. The molecule has 0 aromatic heterocycles. The van der Waals surface area contributed by atoms with Crippen LogP contribution in [0.25, 0.3) is 0 Å². The summed E-state index contributed by atoms with van der Waals surface area (Å²) in [5.74, 6) is -0.227. The van der Waals surface area contributed by atoms with Crippen molar-refractivity contribution in [3.05, 3.63) is 35.4 Å². The third kappa shape index (κ3) is 4.03. The number of hydrogen-bond donors (Lipinski definition) is 1. The van der Waals surface area contributed by atoms with Gasteiger partial charge in [0.15, 0.2) is 0 Å². The lowest BCUT2D eigenvalue weighted by atomic mass is 10.1. The number of rotatable bonds is 6. The highest BCUT2D eigenvalue weighted by Gasteiger charge is 2.25. The highest BCUT2D eigenvalue weighted by molar-refractivity contribution is 7.88. The molecule has 0 saturated carbocycles. The number of nitrogens with zero attached hydrogens (tertiary/aromatic N) is 2. The van der Waals surface area contributed by atoms with E-state index < -0.39 is 10.0 Å². The van der Waals surface area contributed by atoms with Crippen LogP contribution in [-0.2, 0) is 15.8 Å². The Morgan fingerprint density at radius 1 is 1.37 bits per heavy atom. The van der Waals surface area contributed by atoms with Crippen molar-refractivity contribution in [3.63, 3.8) is 0 Å². The molecule has 0 unspecified atom stereocenters. The van der Waals surface area contributed by atoms with Gasteiger partial charge in [0.2, 0.25) is 10.0 Å². The average Bonchev–Trinajstić information content (AvgIpc) is 2.35. The van der Waals surface area contributed by atoms with E-state index >= 15 is 0 Å². The van der Waals surface area contributed by atoms with E-state index in [9.17, 15) is 8.42 Å². The van der Waals surface area contributed by atoms with Gasteiger partial charge in [0.25, 0.3) is 0 Å². The van der Waals surface area contributed by atoms with Crippen molar-refractivity contribution in [2.24, 2.45) is 0 Å². The van der Waals surface area contributed by atoms with Crippen LogP contribution in [0.2, 0.25) is 0 Å². The SMILES string of the molecule is CC(C)N(CCO)S(=O)(=O)Cc1ccccc1C#N. The van der Waals surface area contributed by atoms with Crippen LogP contribution in [0, 0.1) is 11.3 Å². The maximum absolute atomic E-state index is 12.3. The van der Waals surface area contributed by atoms with Gasteiger partial charge >= 0.3 is 0 Å². The van der Waals surface area contributed by atoms with Crippen LogP contribution >= 0.6 is 0 Å². The molecule has 0 aliphatic carbocycles. The molecule has 0 amide bonds. The molecule has 1 aromatic rings. The van der Waals surface area contributed by atoms with Gasteiger partial charge in [0.05, 0.1) is 24.0 Å². The molecule has 0 fully saturated rings. The Kier molecular flexibility index (Phi) is 5.48. The quantitative estimate of drug-likeness (QED) is 0.847. The molecule has 0 heterocycles. The molecule has 0 aliphatic heterocycles. The largest absolute Gasteiger partial charge is 0.395 e. The van der Waals surface area contributed by atoms with E-state index in [2.05, 4.69) is 0 Å². The lowest BCUT2D eigenvalue weighted by Gasteiger charge is -2.25. The number of aliphatic hydroxyl groups is 1. The molecule has 6 heteroatoms. The first-order chi connectivity index (χ1) is 8.92. The molecule has 1 N–H and O–H groups in total. The Labute approximate surface area is 114 Å². The fraction of sp³-hybridized carbons (Fsp3) is 0.462. The first-order valence-corrected chi connectivity index (χ1v) is 7.61. The Morgan fingerprint density at radius 2 is 2.00 bits per heavy atom. The third-order valence-corrected chi connectivity index (χ3v) is 4.72. The van der Waals surface area contributed by atoms with Crippen molar-refractivity contribution in [2.75, 3.05) is 13.2 Å². The monoisotopic (exact) mass is 282 g/mol.